The standard InChI is InChI=1S/C21H21FN4O4/c1-21(17-4-2-3-9-23-17)19(28)26(20(29)24-21)13-18(27)25-10-11-30-16(12-25)14-5-7-15(22)8-6-14/h2-9,16H,10-13H2,1H3,(H,24,29). The Morgan fingerprint density at radius 3 is 2.73 bits per heavy atom. The SMILES string of the molecule is CC1(c2ccccn2)NC(=O)N(CC(=O)N2CCOC(c3ccc(F)cc3)C2)C1=O. The molecule has 2 unspecified atom stereocenters. The molecule has 3 heterocycles. The third-order valence-electron chi connectivity index (χ3n) is 5.41. The number of ether oxygens (including phenoxy) is 1. The summed E-state index contributed by atoms with van der Waals surface area (Å²) in [5.41, 5.74) is -0.159. The minimum Gasteiger partial charge on any atom is -0.370 e. The van der Waals surface area contributed by atoms with Crippen molar-refractivity contribution in [3.05, 3.63) is 65.7 Å². The minimum atomic E-state index is -1.32. The summed E-state index contributed by atoms with van der Waals surface area (Å²) in [7, 11) is 0. The van der Waals surface area contributed by atoms with Gasteiger partial charge in [0.25, 0.3) is 5.91 Å². The van der Waals surface area contributed by atoms with Crippen LogP contribution < -0.4 is 5.32 Å². The predicted molar refractivity (Wildman–Crippen MR) is 104 cm³/mol. The van der Waals surface area contributed by atoms with Gasteiger partial charge in [0.1, 0.15) is 18.5 Å². The quantitative estimate of drug-likeness (QED) is 0.770. The van der Waals surface area contributed by atoms with Crippen LogP contribution in [0.15, 0.2) is 48.7 Å². The van der Waals surface area contributed by atoms with E-state index in [0.29, 0.717) is 18.8 Å². The monoisotopic (exact) mass is 412 g/mol. The number of amides is 4. The lowest BCUT2D eigenvalue weighted by molar-refractivity contribution is -0.143. The number of hydrogen-bond donors (Lipinski definition) is 1. The molecule has 1 aromatic carbocycles. The number of aromatic nitrogens is 1. The van der Waals surface area contributed by atoms with E-state index in [1.54, 1.807) is 42.2 Å². The maximum absolute atomic E-state index is 13.2. The van der Waals surface area contributed by atoms with Gasteiger partial charge in [-0.1, -0.05) is 18.2 Å². The number of carbonyl (C=O) groups is 3. The summed E-state index contributed by atoms with van der Waals surface area (Å²) in [4.78, 5) is 44.9. The first kappa shape index (κ1) is 20.0. The second kappa shape index (κ2) is 7.83. The summed E-state index contributed by atoms with van der Waals surface area (Å²) in [5, 5.41) is 2.64. The molecule has 2 aromatic rings. The third kappa shape index (κ3) is 3.63. The van der Waals surface area contributed by atoms with Gasteiger partial charge in [0, 0.05) is 12.7 Å². The molecule has 2 saturated heterocycles. The van der Waals surface area contributed by atoms with Gasteiger partial charge >= 0.3 is 6.03 Å². The molecule has 0 radical (unpaired) electrons. The highest BCUT2D eigenvalue weighted by Gasteiger charge is 2.50. The Bertz CT molecular complexity index is 969. The highest BCUT2D eigenvalue weighted by Crippen LogP contribution is 2.28. The first-order chi connectivity index (χ1) is 14.4. The van der Waals surface area contributed by atoms with E-state index >= 15 is 0 Å². The van der Waals surface area contributed by atoms with Crippen molar-refractivity contribution in [2.45, 2.75) is 18.6 Å². The van der Waals surface area contributed by atoms with Gasteiger partial charge in [-0.3, -0.25) is 19.5 Å². The molecule has 1 aromatic heterocycles. The molecule has 30 heavy (non-hydrogen) atoms. The van der Waals surface area contributed by atoms with Crippen LogP contribution >= 0.6 is 0 Å². The average molecular weight is 412 g/mol. The van der Waals surface area contributed by atoms with Crippen molar-refractivity contribution >= 4 is 17.8 Å². The molecule has 9 heteroatoms. The molecule has 4 amide bonds. The van der Waals surface area contributed by atoms with Crippen molar-refractivity contribution in [1.29, 1.82) is 0 Å². The number of carbonyl (C=O) groups excluding carboxylic acids is 3. The molecule has 0 bridgehead atoms. The summed E-state index contributed by atoms with van der Waals surface area (Å²) < 4.78 is 18.9. The van der Waals surface area contributed by atoms with Gasteiger partial charge in [0.2, 0.25) is 5.91 Å². The summed E-state index contributed by atoms with van der Waals surface area (Å²) in [5.74, 6) is -1.24. The molecule has 8 nitrogen and oxygen atoms in total. The highest BCUT2D eigenvalue weighted by molar-refractivity contribution is 6.08. The van der Waals surface area contributed by atoms with Crippen LogP contribution in [0.3, 0.4) is 0 Å². The zero-order chi connectivity index (χ0) is 21.3. The number of pyridine rings is 1. The van der Waals surface area contributed by atoms with E-state index in [4.69, 9.17) is 4.74 Å². The molecule has 4 rings (SSSR count). The Hall–Kier alpha value is -3.33. The van der Waals surface area contributed by atoms with Crippen molar-refractivity contribution in [3.63, 3.8) is 0 Å². The van der Waals surface area contributed by atoms with Crippen LogP contribution in [0.4, 0.5) is 9.18 Å². The fourth-order valence-electron chi connectivity index (χ4n) is 3.66. The number of morpholine rings is 1. The third-order valence-corrected chi connectivity index (χ3v) is 5.41. The van der Waals surface area contributed by atoms with E-state index in [1.165, 1.54) is 18.3 Å². The van der Waals surface area contributed by atoms with E-state index < -0.39 is 23.6 Å². The number of rotatable bonds is 4. The van der Waals surface area contributed by atoms with Crippen molar-refractivity contribution in [1.82, 2.24) is 20.1 Å². The molecule has 2 atom stereocenters. The molecule has 2 aliphatic heterocycles. The zero-order valence-electron chi connectivity index (χ0n) is 16.4. The second-order valence-corrected chi connectivity index (χ2v) is 7.41. The molecule has 0 spiro atoms. The number of benzene rings is 1. The number of imide groups is 1. The zero-order valence-corrected chi connectivity index (χ0v) is 16.4. The lowest BCUT2D eigenvalue weighted by Gasteiger charge is -2.34. The number of urea groups is 1. The first-order valence-electron chi connectivity index (χ1n) is 9.59. The Morgan fingerprint density at radius 2 is 2.03 bits per heavy atom. The average Bonchev–Trinajstić information content (AvgIpc) is 2.99. The highest BCUT2D eigenvalue weighted by atomic mass is 19.1. The minimum absolute atomic E-state index is 0.256. The number of nitrogens with zero attached hydrogens (tertiary/aromatic N) is 3. The molecule has 2 aliphatic rings. The Kier molecular flexibility index (Phi) is 5.21. The van der Waals surface area contributed by atoms with Crippen LogP contribution in [0.2, 0.25) is 0 Å². The van der Waals surface area contributed by atoms with E-state index in [0.717, 1.165) is 10.5 Å². The van der Waals surface area contributed by atoms with Crippen LogP contribution in [-0.2, 0) is 19.9 Å². The van der Waals surface area contributed by atoms with Crippen molar-refractivity contribution in [2.24, 2.45) is 0 Å². The van der Waals surface area contributed by atoms with Gasteiger partial charge < -0.3 is 15.0 Å². The largest absolute Gasteiger partial charge is 0.370 e. The molecule has 0 saturated carbocycles. The summed E-state index contributed by atoms with van der Waals surface area (Å²) >= 11 is 0. The number of hydrogen-bond acceptors (Lipinski definition) is 5. The lowest BCUT2D eigenvalue weighted by Crippen LogP contribution is -2.48. The fraction of sp³-hybridized carbons (Fsp3) is 0.333. The summed E-state index contributed by atoms with van der Waals surface area (Å²) in [6.07, 6.45) is 1.14. The molecule has 2 fully saturated rings. The van der Waals surface area contributed by atoms with Crippen LogP contribution in [0.25, 0.3) is 0 Å². The molecular weight excluding hydrogens is 391 g/mol. The summed E-state index contributed by atoms with van der Waals surface area (Å²) in [6, 6.07) is 10.4. The molecular formula is C21H21FN4O4. The van der Waals surface area contributed by atoms with Crippen molar-refractivity contribution in [3.8, 4) is 0 Å². The Morgan fingerprint density at radius 1 is 1.27 bits per heavy atom. The predicted octanol–water partition coefficient (Wildman–Crippen LogP) is 1.59. The van der Waals surface area contributed by atoms with Crippen LogP contribution in [0, 0.1) is 5.82 Å². The van der Waals surface area contributed by atoms with Crippen LogP contribution in [0.1, 0.15) is 24.3 Å². The fourth-order valence-corrected chi connectivity index (χ4v) is 3.66. The Balaban J connectivity index is 1.45. The van der Waals surface area contributed by atoms with Gasteiger partial charge in [-0.05, 0) is 36.8 Å². The van der Waals surface area contributed by atoms with Crippen LogP contribution in [0.5, 0.6) is 0 Å². The van der Waals surface area contributed by atoms with Crippen molar-refractivity contribution < 1.29 is 23.5 Å². The van der Waals surface area contributed by atoms with Gasteiger partial charge in [-0.2, -0.15) is 0 Å². The van der Waals surface area contributed by atoms with Gasteiger partial charge in [0.05, 0.1) is 18.8 Å². The van der Waals surface area contributed by atoms with E-state index in [1.807, 2.05) is 0 Å². The van der Waals surface area contributed by atoms with E-state index in [2.05, 4.69) is 10.3 Å². The van der Waals surface area contributed by atoms with E-state index in [9.17, 15) is 18.8 Å². The normalized spacial score (nSPS) is 24.1. The van der Waals surface area contributed by atoms with Crippen LogP contribution in [-0.4, -0.2) is 58.9 Å². The number of nitrogens with one attached hydrogen (secondary N) is 1. The maximum Gasteiger partial charge on any atom is 0.325 e. The Labute approximate surface area is 172 Å². The van der Waals surface area contributed by atoms with E-state index in [-0.39, 0.29) is 24.8 Å². The molecule has 0 aliphatic carbocycles. The molecule has 156 valence electrons. The topological polar surface area (TPSA) is 91.8 Å². The second-order valence-electron chi connectivity index (χ2n) is 7.41. The first-order valence-corrected chi connectivity index (χ1v) is 9.59. The van der Waals surface area contributed by atoms with Gasteiger partial charge in [-0.15, -0.1) is 0 Å². The smallest absolute Gasteiger partial charge is 0.325 e. The number of halogens is 1. The van der Waals surface area contributed by atoms with Gasteiger partial charge in [-0.25, -0.2) is 9.18 Å². The van der Waals surface area contributed by atoms with Gasteiger partial charge in [0.15, 0.2) is 5.54 Å². The maximum atomic E-state index is 13.2. The lowest BCUT2D eigenvalue weighted by atomic mass is 9.97. The molecule has 1 N–H and O–H groups in total. The summed E-state index contributed by atoms with van der Waals surface area (Å²) in [6.45, 7) is 2.10. The van der Waals surface area contributed by atoms with Crippen molar-refractivity contribution in [2.75, 3.05) is 26.2 Å².